The Kier molecular flexibility index (Phi) is 4.23. The van der Waals surface area contributed by atoms with Crippen LogP contribution in [0, 0.1) is 17.8 Å². The molecule has 0 aromatic heterocycles. The minimum absolute atomic E-state index is 0.514. The minimum atomic E-state index is -0.514. The molecule has 94 valence electrons. The summed E-state index contributed by atoms with van der Waals surface area (Å²) >= 11 is 0. The Hall–Kier alpha value is -0.110. The second kappa shape index (κ2) is 5.48. The predicted octanol–water partition coefficient (Wildman–Crippen LogP) is 3.49. The Morgan fingerprint density at radius 2 is 1.94 bits per heavy atom. The van der Waals surface area contributed by atoms with Crippen molar-refractivity contribution in [1.82, 2.24) is 4.90 Å². The third-order valence-corrected chi connectivity index (χ3v) is 4.65. The van der Waals surface area contributed by atoms with E-state index >= 15 is 0 Å². The van der Waals surface area contributed by atoms with Crippen molar-refractivity contribution >= 4 is 0 Å². The molecule has 1 saturated heterocycles. The molecule has 0 N–H and O–H groups in total. The van der Waals surface area contributed by atoms with Gasteiger partial charge >= 0.3 is 0 Å². The summed E-state index contributed by atoms with van der Waals surface area (Å²) in [4.78, 5) is 2.58. The molecular weight excluding hydrogens is 201 g/mol. The third kappa shape index (κ3) is 3.19. The summed E-state index contributed by atoms with van der Waals surface area (Å²) in [5.74, 6) is 2.32. The maximum absolute atomic E-state index is 13.3. The van der Waals surface area contributed by atoms with E-state index < -0.39 is 6.17 Å². The lowest BCUT2D eigenvalue weighted by molar-refractivity contribution is 0.0955. The van der Waals surface area contributed by atoms with Crippen LogP contribution in [0.5, 0.6) is 0 Å². The van der Waals surface area contributed by atoms with Gasteiger partial charge in [-0.05, 0) is 50.0 Å². The molecule has 2 aliphatic rings. The molecule has 4 unspecified atom stereocenters. The van der Waals surface area contributed by atoms with Crippen molar-refractivity contribution in [2.45, 2.75) is 52.1 Å². The van der Waals surface area contributed by atoms with E-state index in [-0.39, 0.29) is 0 Å². The van der Waals surface area contributed by atoms with Crippen LogP contribution in [0.2, 0.25) is 0 Å². The Morgan fingerprint density at radius 3 is 2.62 bits per heavy atom. The molecule has 0 spiro atoms. The van der Waals surface area contributed by atoms with Gasteiger partial charge in [0.05, 0.1) is 0 Å². The lowest BCUT2D eigenvalue weighted by Crippen LogP contribution is -2.41. The van der Waals surface area contributed by atoms with Crippen molar-refractivity contribution in [2.75, 3.05) is 19.6 Å². The number of piperidine rings is 1. The summed E-state index contributed by atoms with van der Waals surface area (Å²) in [6.45, 7) is 8.33. The highest BCUT2D eigenvalue weighted by atomic mass is 19.1. The molecule has 2 fully saturated rings. The van der Waals surface area contributed by atoms with Gasteiger partial charge in [-0.2, -0.15) is 0 Å². The number of nitrogens with zero attached hydrogens (tertiary/aromatic N) is 1. The Balaban J connectivity index is 1.76. The van der Waals surface area contributed by atoms with Crippen molar-refractivity contribution in [3.05, 3.63) is 0 Å². The van der Waals surface area contributed by atoms with Gasteiger partial charge in [0.1, 0.15) is 6.17 Å². The van der Waals surface area contributed by atoms with Gasteiger partial charge in [-0.15, -0.1) is 0 Å². The van der Waals surface area contributed by atoms with Crippen molar-refractivity contribution < 1.29 is 4.39 Å². The summed E-state index contributed by atoms with van der Waals surface area (Å²) in [6.07, 6.45) is 4.80. The van der Waals surface area contributed by atoms with Gasteiger partial charge in [0, 0.05) is 13.1 Å². The highest BCUT2D eigenvalue weighted by Gasteiger charge is 2.27. The van der Waals surface area contributed by atoms with Crippen LogP contribution in [0.15, 0.2) is 0 Å². The highest BCUT2D eigenvalue weighted by molar-refractivity contribution is 4.80. The molecule has 16 heavy (non-hydrogen) atoms. The SMILES string of the molecule is CC1CCN(CC2CCCC(F)C2)CC1C. The fourth-order valence-electron chi connectivity index (χ4n) is 3.27. The van der Waals surface area contributed by atoms with Crippen LogP contribution in [-0.4, -0.2) is 30.7 Å². The monoisotopic (exact) mass is 227 g/mol. The molecule has 2 rings (SSSR count). The molecular formula is C14H26FN. The van der Waals surface area contributed by atoms with E-state index in [0.717, 1.165) is 37.6 Å². The molecule has 1 heterocycles. The highest BCUT2D eigenvalue weighted by Crippen LogP contribution is 2.29. The molecule has 1 aliphatic heterocycles. The quantitative estimate of drug-likeness (QED) is 0.698. The van der Waals surface area contributed by atoms with Gasteiger partial charge in [0.2, 0.25) is 0 Å². The average molecular weight is 227 g/mol. The topological polar surface area (TPSA) is 3.24 Å². The van der Waals surface area contributed by atoms with E-state index in [0.29, 0.717) is 5.92 Å². The van der Waals surface area contributed by atoms with Gasteiger partial charge in [0.15, 0.2) is 0 Å². The van der Waals surface area contributed by atoms with Gasteiger partial charge in [-0.3, -0.25) is 0 Å². The number of halogens is 1. The Morgan fingerprint density at radius 1 is 1.12 bits per heavy atom. The summed E-state index contributed by atoms with van der Waals surface area (Å²) < 4.78 is 13.3. The first-order valence-electron chi connectivity index (χ1n) is 7.01. The fraction of sp³-hybridized carbons (Fsp3) is 1.00. The van der Waals surface area contributed by atoms with Gasteiger partial charge in [-0.25, -0.2) is 4.39 Å². The number of hydrogen-bond donors (Lipinski definition) is 0. The molecule has 2 heteroatoms. The summed E-state index contributed by atoms with van der Waals surface area (Å²) in [7, 11) is 0. The van der Waals surface area contributed by atoms with Crippen LogP contribution in [0.3, 0.4) is 0 Å². The summed E-state index contributed by atoms with van der Waals surface area (Å²) in [6, 6.07) is 0. The number of alkyl halides is 1. The zero-order chi connectivity index (χ0) is 11.5. The molecule has 1 nitrogen and oxygen atoms in total. The maximum Gasteiger partial charge on any atom is 0.100 e. The smallest absolute Gasteiger partial charge is 0.100 e. The molecule has 1 saturated carbocycles. The molecule has 0 aromatic carbocycles. The largest absolute Gasteiger partial charge is 0.303 e. The summed E-state index contributed by atoms with van der Waals surface area (Å²) in [5, 5.41) is 0. The molecule has 0 radical (unpaired) electrons. The van der Waals surface area contributed by atoms with Crippen LogP contribution >= 0.6 is 0 Å². The first-order valence-corrected chi connectivity index (χ1v) is 7.01. The lowest BCUT2D eigenvalue weighted by atomic mass is 9.85. The molecule has 0 amide bonds. The van der Waals surface area contributed by atoms with Crippen LogP contribution in [0.25, 0.3) is 0 Å². The van der Waals surface area contributed by atoms with Crippen LogP contribution in [0.1, 0.15) is 46.0 Å². The first-order chi connectivity index (χ1) is 7.65. The second-order valence-corrected chi connectivity index (χ2v) is 6.13. The fourth-order valence-corrected chi connectivity index (χ4v) is 3.27. The van der Waals surface area contributed by atoms with Crippen LogP contribution in [0.4, 0.5) is 4.39 Å². The molecule has 1 aliphatic carbocycles. The predicted molar refractivity (Wildman–Crippen MR) is 66.2 cm³/mol. The normalized spacial score (nSPS) is 42.2. The van der Waals surface area contributed by atoms with Crippen LogP contribution < -0.4 is 0 Å². The summed E-state index contributed by atoms with van der Waals surface area (Å²) in [5.41, 5.74) is 0. The standard InChI is InChI=1S/C14H26FN/c1-11-6-7-16(9-12(11)2)10-13-4-3-5-14(15)8-13/h11-14H,3-10H2,1-2H3. The van der Waals surface area contributed by atoms with E-state index in [1.807, 2.05) is 0 Å². The molecule has 0 bridgehead atoms. The van der Waals surface area contributed by atoms with Crippen molar-refractivity contribution in [1.29, 1.82) is 0 Å². The Bertz CT molecular complexity index is 219. The first kappa shape index (κ1) is 12.3. The average Bonchev–Trinajstić information content (AvgIpc) is 2.24. The van der Waals surface area contributed by atoms with E-state index in [1.165, 1.54) is 25.9 Å². The van der Waals surface area contributed by atoms with E-state index in [1.54, 1.807) is 0 Å². The number of hydrogen-bond acceptors (Lipinski definition) is 1. The van der Waals surface area contributed by atoms with Crippen molar-refractivity contribution in [3.8, 4) is 0 Å². The Labute approximate surface area is 99.4 Å². The number of likely N-dealkylation sites (tertiary alicyclic amines) is 1. The van der Waals surface area contributed by atoms with E-state index in [9.17, 15) is 4.39 Å². The zero-order valence-corrected chi connectivity index (χ0v) is 10.8. The molecule has 0 aromatic rings. The van der Waals surface area contributed by atoms with Gasteiger partial charge < -0.3 is 4.90 Å². The molecule has 4 atom stereocenters. The van der Waals surface area contributed by atoms with E-state index in [2.05, 4.69) is 18.7 Å². The lowest BCUT2D eigenvalue weighted by Gasteiger charge is -2.38. The van der Waals surface area contributed by atoms with Crippen molar-refractivity contribution in [2.24, 2.45) is 17.8 Å². The van der Waals surface area contributed by atoms with Crippen LogP contribution in [-0.2, 0) is 0 Å². The maximum atomic E-state index is 13.3. The van der Waals surface area contributed by atoms with Crippen molar-refractivity contribution in [3.63, 3.8) is 0 Å². The second-order valence-electron chi connectivity index (χ2n) is 6.13. The number of rotatable bonds is 2. The third-order valence-electron chi connectivity index (χ3n) is 4.65. The minimum Gasteiger partial charge on any atom is -0.303 e. The van der Waals surface area contributed by atoms with Gasteiger partial charge in [-0.1, -0.05) is 20.3 Å². The van der Waals surface area contributed by atoms with E-state index in [4.69, 9.17) is 0 Å². The zero-order valence-electron chi connectivity index (χ0n) is 10.8. The van der Waals surface area contributed by atoms with Gasteiger partial charge in [0.25, 0.3) is 0 Å².